The van der Waals surface area contributed by atoms with Crippen molar-refractivity contribution in [3.8, 4) is 11.5 Å². The second kappa shape index (κ2) is 11.5. The first-order valence-corrected chi connectivity index (χ1v) is 10.1. The fourth-order valence-corrected chi connectivity index (χ4v) is 3.15. The summed E-state index contributed by atoms with van der Waals surface area (Å²) in [6.07, 6.45) is 3.79. The van der Waals surface area contributed by atoms with Crippen molar-refractivity contribution in [2.45, 2.75) is 13.3 Å². The van der Waals surface area contributed by atoms with Crippen LogP contribution in [0.3, 0.4) is 0 Å². The third kappa shape index (κ3) is 6.97. The standard InChI is InChI=1S/C22H24Cl2N2O4/c1-4-9-26(14-21(27)25-20-7-6-16(23)12-19(20)24)22(28)8-5-15-10-17(29-2)13-18(11-15)30-3/h5-8,10-13H,4,9,14H2,1-3H3,(H,25,27)/b8-5+. The van der Waals surface area contributed by atoms with E-state index in [-0.39, 0.29) is 18.4 Å². The molecule has 0 atom stereocenters. The van der Waals surface area contributed by atoms with Crippen molar-refractivity contribution in [3.05, 3.63) is 58.1 Å². The van der Waals surface area contributed by atoms with Gasteiger partial charge in [0.25, 0.3) is 0 Å². The van der Waals surface area contributed by atoms with Crippen LogP contribution in [0.4, 0.5) is 5.69 Å². The molecule has 0 saturated carbocycles. The minimum Gasteiger partial charge on any atom is -0.497 e. The first kappa shape index (κ1) is 23.6. The largest absolute Gasteiger partial charge is 0.497 e. The van der Waals surface area contributed by atoms with Gasteiger partial charge in [0.1, 0.15) is 18.0 Å². The molecule has 0 saturated heterocycles. The third-order valence-electron chi connectivity index (χ3n) is 4.14. The summed E-state index contributed by atoms with van der Waals surface area (Å²) in [6.45, 7) is 2.27. The smallest absolute Gasteiger partial charge is 0.247 e. The number of rotatable bonds is 9. The summed E-state index contributed by atoms with van der Waals surface area (Å²) in [5, 5.41) is 3.51. The van der Waals surface area contributed by atoms with Crippen LogP contribution in [0.15, 0.2) is 42.5 Å². The van der Waals surface area contributed by atoms with Gasteiger partial charge in [0.05, 0.1) is 24.9 Å². The molecule has 0 heterocycles. The van der Waals surface area contributed by atoms with E-state index in [1.54, 1.807) is 56.7 Å². The lowest BCUT2D eigenvalue weighted by molar-refractivity contribution is -0.130. The number of halogens is 2. The lowest BCUT2D eigenvalue weighted by atomic mass is 10.2. The van der Waals surface area contributed by atoms with Gasteiger partial charge in [-0.05, 0) is 48.4 Å². The number of ether oxygens (including phenoxy) is 2. The van der Waals surface area contributed by atoms with E-state index in [4.69, 9.17) is 32.7 Å². The van der Waals surface area contributed by atoms with Gasteiger partial charge in [-0.25, -0.2) is 0 Å². The van der Waals surface area contributed by atoms with Crippen LogP contribution in [0.25, 0.3) is 6.08 Å². The van der Waals surface area contributed by atoms with Crippen molar-refractivity contribution >= 4 is 46.8 Å². The average Bonchev–Trinajstić information content (AvgIpc) is 2.73. The number of amides is 2. The number of nitrogens with zero attached hydrogens (tertiary/aromatic N) is 1. The van der Waals surface area contributed by atoms with Crippen LogP contribution in [0, 0.1) is 0 Å². The fourth-order valence-electron chi connectivity index (χ4n) is 2.69. The average molecular weight is 451 g/mol. The van der Waals surface area contributed by atoms with E-state index in [2.05, 4.69) is 5.32 Å². The quantitative estimate of drug-likeness (QED) is 0.551. The number of hydrogen-bond acceptors (Lipinski definition) is 4. The van der Waals surface area contributed by atoms with Crippen molar-refractivity contribution in [1.82, 2.24) is 4.90 Å². The van der Waals surface area contributed by atoms with Crippen molar-refractivity contribution in [3.63, 3.8) is 0 Å². The molecule has 1 N–H and O–H groups in total. The summed E-state index contributed by atoms with van der Waals surface area (Å²) in [5.74, 6) is 0.602. The molecule has 30 heavy (non-hydrogen) atoms. The van der Waals surface area contributed by atoms with E-state index < -0.39 is 0 Å². The summed E-state index contributed by atoms with van der Waals surface area (Å²) >= 11 is 12.0. The summed E-state index contributed by atoms with van der Waals surface area (Å²) in [4.78, 5) is 26.6. The molecule has 0 fully saturated rings. The summed E-state index contributed by atoms with van der Waals surface area (Å²) < 4.78 is 10.5. The Kier molecular flexibility index (Phi) is 9.02. The molecule has 160 valence electrons. The molecular formula is C22H24Cl2N2O4. The number of carbonyl (C=O) groups excluding carboxylic acids is 2. The second-order valence-corrected chi connectivity index (χ2v) is 7.26. The Morgan fingerprint density at radius 1 is 1.07 bits per heavy atom. The number of benzene rings is 2. The summed E-state index contributed by atoms with van der Waals surface area (Å²) in [7, 11) is 3.11. The molecule has 8 heteroatoms. The maximum absolute atomic E-state index is 12.7. The Labute approximate surface area is 186 Å². The number of methoxy groups -OCH3 is 2. The van der Waals surface area contributed by atoms with Gasteiger partial charge in [0.15, 0.2) is 0 Å². The van der Waals surface area contributed by atoms with Gasteiger partial charge in [-0.1, -0.05) is 30.1 Å². The van der Waals surface area contributed by atoms with E-state index in [0.717, 1.165) is 5.56 Å². The van der Waals surface area contributed by atoms with Gasteiger partial charge in [-0.3, -0.25) is 9.59 Å². The monoisotopic (exact) mass is 450 g/mol. The highest BCUT2D eigenvalue weighted by atomic mass is 35.5. The number of carbonyl (C=O) groups is 2. The first-order valence-electron chi connectivity index (χ1n) is 9.31. The van der Waals surface area contributed by atoms with E-state index in [9.17, 15) is 9.59 Å². The third-order valence-corrected chi connectivity index (χ3v) is 4.68. The highest BCUT2D eigenvalue weighted by Crippen LogP contribution is 2.25. The topological polar surface area (TPSA) is 67.9 Å². The lowest BCUT2D eigenvalue weighted by Gasteiger charge is -2.20. The number of nitrogens with one attached hydrogen (secondary N) is 1. The Bertz CT molecular complexity index is 909. The maximum Gasteiger partial charge on any atom is 0.247 e. The highest BCUT2D eigenvalue weighted by molar-refractivity contribution is 6.36. The Morgan fingerprint density at radius 2 is 1.73 bits per heavy atom. The van der Waals surface area contributed by atoms with E-state index in [0.29, 0.717) is 40.2 Å². The number of anilines is 1. The summed E-state index contributed by atoms with van der Waals surface area (Å²) in [6, 6.07) is 10.1. The Hall–Kier alpha value is -2.70. The molecule has 0 aliphatic heterocycles. The lowest BCUT2D eigenvalue weighted by Crippen LogP contribution is -2.37. The molecule has 2 aromatic rings. The highest BCUT2D eigenvalue weighted by Gasteiger charge is 2.15. The molecule has 0 spiro atoms. The molecule has 6 nitrogen and oxygen atoms in total. The van der Waals surface area contributed by atoms with Crippen LogP contribution in [-0.4, -0.2) is 44.0 Å². The number of hydrogen-bond donors (Lipinski definition) is 1. The Morgan fingerprint density at radius 3 is 2.30 bits per heavy atom. The van der Waals surface area contributed by atoms with Crippen molar-refractivity contribution in [1.29, 1.82) is 0 Å². The second-order valence-electron chi connectivity index (χ2n) is 6.41. The molecule has 2 rings (SSSR count). The van der Waals surface area contributed by atoms with E-state index in [1.165, 1.54) is 11.0 Å². The molecule has 0 bridgehead atoms. The zero-order valence-corrected chi connectivity index (χ0v) is 18.6. The van der Waals surface area contributed by atoms with Crippen molar-refractivity contribution in [2.75, 3.05) is 32.6 Å². The van der Waals surface area contributed by atoms with Crippen LogP contribution >= 0.6 is 23.2 Å². The van der Waals surface area contributed by atoms with Gasteiger partial charge in [0, 0.05) is 23.7 Å². The molecule has 0 unspecified atom stereocenters. The van der Waals surface area contributed by atoms with Gasteiger partial charge >= 0.3 is 0 Å². The molecule has 2 amide bonds. The maximum atomic E-state index is 12.7. The molecule has 0 aliphatic carbocycles. The van der Waals surface area contributed by atoms with Crippen molar-refractivity contribution in [2.24, 2.45) is 0 Å². The fraction of sp³-hybridized carbons (Fsp3) is 0.273. The zero-order chi connectivity index (χ0) is 22.1. The van der Waals surface area contributed by atoms with Gasteiger partial charge in [-0.15, -0.1) is 0 Å². The minimum atomic E-state index is -0.350. The SMILES string of the molecule is CCCN(CC(=O)Nc1ccc(Cl)cc1Cl)C(=O)/C=C/c1cc(OC)cc(OC)c1. The van der Waals surface area contributed by atoms with E-state index >= 15 is 0 Å². The van der Waals surface area contributed by atoms with Gasteiger partial charge in [-0.2, -0.15) is 0 Å². The van der Waals surface area contributed by atoms with Crippen LogP contribution in [0.1, 0.15) is 18.9 Å². The predicted molar refractivity (Wildman–Crippen MR) is 121 cm³/mol. The molecule has 0 aromatic heterocycles. The van der Waals surface area contributed by atoms with Crippen LogP contribution < -0.4 is 14.8 Å². The molecule has 0 aliphatic rings. The van der Waals surface area contributed by atoms with Gasteiger partial charge < -0.3 is 19.7 Å². The normalized spacial score (nSPS) is 10.7. The van der Waals surface area contributed by atoms with Crippen molar-refractivity contribution < 1.29 is 19.1 Å². The van der Waals surface area contributed by atoms with E-state index in [1.807, 2.05) is 6.92 Å². The van der Waals surface area contributed by atoms with Crippen LogP contribution in [0.2, 0.25) is 10.0 Å². The first-order chi connectivity index (χ1) is 14.4. The molecular weight excluding hydrogens is 427 g/mol. The zero-order valence-electron chi connectivity index (χ0n) is 17.1. The van der Waals surface area contributed by atoms with Crippen LogP contribution in [-0.2, 0) is 9.59 Å². The van der Waals surface area contributed by atoms with Crippen LogP contribution in [0.5, 0.6) is 11.5 Å². The Balaban J connectivity index is 2.08. The molecule has 0 radical (unpaired) electrons. The molecule has 2 aromatic carbocycles. The predicted octanol–water partition coefficient (Wildman–Crippen LogP) is 4.90. The van der Waals surface area contributed by atoms with Gasteiger partial charge in [0.2, 0.25) is 11.8 Å². The summed E-state index contributed by atoms with van der Waals surface area (Å²) in [5.41, 5.74) is 1.18. The minimum absolute atomic E-state index is 0.0998.